The Hall–Kier alpha value is -4.73. The van der Waals surface area contributed by atoms with E-state index in [9.17, 15) is 14.0 Å². The number of aromatic nitrogens is 3. The molecule has 1 unspecified atom stereocenters. The number of nitrogens with one attached hydrogen (secondary N) is 1. The molecule has 0 aliphatic heterocycles. The molecule has 0 saturated carbocycles. The summed E-state index contributed by atoms with van der Waals surface area (Å²) in [6, 6.07) is 17.0. The van der Waals surface area contributed by atoms with Gasteiger partial charge in [-0.2, -0.15) is 0 Å². The van der Waals surface area contributed by atoms with Crippen LogP contribution in [0.1, 0.15) is 23.1 Å². The van der Waals surface area contributed by atoms with Crippen LogP contribution >= 0.6 is 0 Å². The fourth-order valence-corrected chi connectivity index (χ4v) is 3.91. The molecule has 5 aromatic rings. The van der Waals surface area contributed by atoms with Crippen molar-refractivity contribution in [1.29, 1.82) is 0 Å². The number of para-hydroxylation sites is 1. The summed E-state index contributed by atoms with van der Waals surface area (Å²) in [7, 11) is 0. The first-order valence-corrected chi connectivity index (χ1v) is 11.2. The van der Waals surface area contributed by atoms with Crippen LogP contribution in [0.15, 0.2) is 88.1 Å². The van der Waals surface area contributed by atoms with Gasteiger partial charge in [0, 0.05) is 5.69 Å². The standard InChI is InChI=1S/C26H22FN5O4/c1-17-10-11-18(14-20(17)27)32(24(33)16-31-22-8-3-2-7-21(22)29-30-31)25(23-9-5-13-36-23)26(34)28-15-19-6-4-12-35-19/h2-14,25H,15-16H2,1H3,(H,28,34). The van der Waals surface area contributed by atoms with E-state index < -0.39 is 23.7 Å². The maximum Gasteiger partial charge on any atom is 0.251 e. The smallest absolute Gasteiger partial charge is 0.251 e. The number of aryl methyl sites for hydroxylation is 1. The van der Waals surface area contributed by atoms with Gasteiger partial charge in [0.1, 0.15) is 29.4 Å². The molecule has 2 aromatic carbocycles. The molecule has 0 saturated heterocycles. The molecule has 0 fully saturated rings. The van der Waals surface area contributed by atoms with Gasteiger partial charge < -0.3 is 14.2 Å². The summed E-state index contributed by atoms with van der Waals surface area (Å²) in [5, 5.41) is 11.0. The Labute approximate surface area is 205 Å². The summed E-state index contributed by atoms with van der Waals surface area (Å²) in [5.74, 6) is -0.798. The highest BCUT2D eigenvalue weighted by atomic mass is 19.1. The molecule has 1 atom stereocenters. The average Bonchev–Trinajstić information content (AvgIpc) is 3.66. The average molecular weight is 487 g/mol. The van der Waals surface area contributed by atoms with Crippen LogP contribution in [-0.2, 0) is 22.7 Å². The zero-order valence-electron chi connectivity index (χ0n) is 19.3. The van der Waals surface area contributed by atoms with Crippen LogP contribution in [0, 0.1) is 12.7 Å². The molecule has 0 aliphatic rings. The van der Waals surface area contributed by atoms with Gasteiger partial charge in [0.25, 0.3) is 5.91 Å². The van der Waals surface area contributed by atoms with Gasteiger partial charge in [0.15, 0.2) is 6.04 Å². The molecule has 1 N–H and O–H groups in total. The number of furan rings is 2. The first kappa shape index (κ1) is 23.0. The minimum absolute atomic E-state index is 0.0983. The van der Waals surface area contributed by atoms with Crippen LogP contribution in [0.4, 0.5) is 10.1 Å². The third-order valence-electron chi connectivity index (χ3n) is 5.74. The summed E-state index contributed by atoms with van der Waals surface area (Å²) in [6.45, 7) is 1.48. The molecule has 9 nitrogen and oxygen atoms in total. The normalized spacial score (nSPS) is 11.9. The number of nitrogens with zero attached hydrogens (tertiary/aromatic N) is 4. The van der Waals surface area contributed by atoms with Gasteiger partial charge in [-0.3, -0.25) is 14.5 Å². The number of benzene rings is 2. The summed E-state index contributed by atoms with van der Waals surface area (Å²) in [4.78, 5) is 28.5. The van der Waals surface area contributed by atoms with Crippen molar-refractivity contribution in [3.63, 3.8) is 0 Å². The maximum absolute atomic E-state index is 14.6. The lowest BCUT2D eigenvalue weighted by Crippen LogP contribution is -2.45. The van der Waals surface area contributed by atoms with Gasteiger partial charge in [-0.1, -0.05) is 23.4 Å². The Morgan fingerprint density at radius 3 is 2.61 bits per heavy atom. The van der Waals surface area contributed by atoms with E-state index in [-0.39, 0.29) is 24.5 Å². The van der Waals surface area contributed by atoms with E-state index in [1.807, 2.05) is 12.1 Å². The fourth-order valence-electron chi connectivity index (χ4n) is 3.91. The van der Waals surface area contributed by atoms with Gasteiger partial charge in [0.2, 0.25) is 5.91 Å². The van der Waals surface area contributed by atoms with Gasteiger partial charge in [0.05, 0.1) is 24.6 Å². The van der Waals surface area contributed by atoms with Crippen LogP contribution in [0.25, 0.3) is 11.0 Å². The van der Waals surface area contributed by atoms with E-state index in [0.717, 1.165) is 0 Å². The minimum atomic E-state index is -1.22. The van der Waals surface area contributed by atoms with Gasteiger partial charge in [-0.25, -0.2) is 9.07 Å². The van der Waals surface area contributed by atoms with Crippen LogP contribution < -0.4 is 10.2 Å². The molecule has 36 heavy (non-hydrogen) atoms. The number of hydrogen-bond donors (Lipinski definition) is 1. The van der Waals surface area contributed by atoms with Crippen LogP contribution in [0.5, 0.6) is 0 Å². The minimum Gasteiger partial charge on any atom is -0.467 e. The zero-order valence-corrected chi connectivity index (χ0v) is 19.3. The monoisotopic (exact) mass is 487 g/mol. The van der Waals surface area contributed by atoms with Crippen molar-refractivity contribution in [2.45, 2.75) is 26.1 Å². The summed E-state index contributed by atoms with van der Waals surface area (Å²) >= 11 is 0. The van der Waals surface area contributed by atoms with Crippen molar-refractivity contribution in [3.8, 4) is 0 Å². The number of hydrogen-bond acceptors (Lipinski definition) is 6. The van der Waals surface area contributed by atoms with Crippen molar-refractivity contribution in [2.75, 3.05) is 4.90 Å². The summed E-state index contributed by atoms with van der Waals surface area (Å²) < 4.78 is 26.9. The van der Waals surface area contributed by atoms with E-state index in [4.69, 9.17) is 8.83 Å². The summed E-state index contributed by atoms with van der Waals surface area (Å²) in [5.41, 5.74) is 1.88. The number of fused-ring (bicyclic) bond motifs is 1. The van der Waals surface area contributed by atoms with E-state index in [1.54, 1.807) is 55.5 Å². The van der Waals surface area contributed by atoms with Crippen LogP contribution in [-0.4, -0.2) is 26.8 Å². The van der Waals surface area contributed by atoms with Crippen molar-refractivity contribution >= 4 is 28.5 Å². The van der Waals surface area contributed by atoms with Crippen molar-refractivity contribution in [2.24, 2.45) is 0 Å². The van der Waals surface area contributed by atoms with E-state index >= 15 is 0 Å². The first-order valence-electron chi connectivity index (χ1n) is 11.2. The zero-order chi connectivity index (χ0) is 25.1. The lowest BCUT2D eigenvalue weighted by atomic mass is 10.1. The number of halogens is 1. The molecule has 0 radical (unpaired) electrons. The van der Waals surface area contributed by atoms with Gasteiger partial charge in [-0.05, 0) is 61.0 Å². The largest absolute Gasteiger partial charge is 0.467 e. The van der Waals surface area contributed by atoms with Crippen molar-refractivity contribution in [1.82, 2.24) is 20.3 Å². The highest BCUT2D eigenvalue weighted by Gasteiger charge is 2.35. The summed E-state index contributed by atoms with van der Waals surface area (Å²) in [6.07, 6.45) is 2.91. The second-order valence-corrected chi connectivity index (χ2v) is 8.15. The van der Waals surface area contributed by atoms with Gasteiger partial charge in [-0.15, -0.1) is 5.10 Å². The molecular weight excluding hydrogens is 465 g/mol. The Balaban J connectivity index is 1.54. The molecule has 5 rings (SSSR count). The molecule has 10 heteroatoms. The first-order chi connectivity index (χ1) is 17.5. The third kappa shape index (κ3) is 4.61. The Bertz CT molecular complexity index is 1490. The lowest BCUT2D eigenvalue weighted by Gasteiger charge is -2.30. The Kier molecular flexibility index (Phi) is 6.31. The van der Waals surface area contributed by atoms with Crippen molar-refractivity contribution in [3.05, 3.63) is 102 Å². The highest BCUT2D eigenvalue weighted by molar-refractivity contribution is 6.01. The fraction of sp³-hybridized carbons (Fsp3) is 0.154. The molecular formula is C26H22FN5O4. The second kappa shape index (κ2) is 9.87. The van der Waals surface area contributed by atoms with E-state index in [1.165, 1.54) is 28.2 Å². The maximum atomic E-state index is 14.6. The third-order valence-corrected chi connectivity index (χ3v) is 5.74. The molecule has 182 valence electrons. The van der Waals surface area contributed by atoms with Crippen LogP contribution in [0.3, 0.4) is 0 Å². The predicted molar refractivity (Wildman–Crippen MR) is 128 cm³/mol. The molecule has 0 bridgehead atoms. The Morgan fingerprint density at radius 1 is 1.06 bits per heavy atom. The number of rotatable bonds is 8. The topological polar surface area (TPSA) is 106 Å². The van der Waals surface area contributed by atoms with Crippen LogP contribution in [0.2, 0.25) is 0 Å². The van der Waals surface area contributed by atoms with Gasteiger partial charge >= 0.3 is 0 Å². The van der Waals surface area contributed by atoms with Crippen molar-refractivity contribution < 1.29 is 22.8 Å². The number of carbonyl (C=O) groups is 2. The number of anilines is 1. The second-order valence-electron chi connectivity index (χ2n) is 8.15. The van der Waals surface area contributed by atoms with E-state index in [0.29, 0.717) is 22.4 Å². The van der Waals surface area contributed by atoms with E-state index in [2.05, 4.69) is 15.6 Å². The molecule has 0 spiro atoms. The highest BCUT2D eigenvalue weighted by Crippen LogP contribution is 2.30. The number of amides is 2. The molecule has 2 amide bonds. The number of carbonyl (C=O) groups excluding carboxylic acids is 2. The quantitative estimate of drug-likeness (QED) is 0.352. The Morgan fingerprint density at radius 2 is 1.86 bits per heavy atom. The molecule has 0 aliphatic carbocycles. The molecule has 3 aromatic heterocycles. The predicted octanol–water partition coefficient (Wildman–Crippen LogP) is 4.16. The SMILES string of the molecule is Cc1ccc(N(C(=O)Cn2nnc3ccccc32)C(C(=O)NCc2ccco2)c2ccco2)cc1F. The lowest BCUT2D eigenvalue weighted by molar-refractivity contribution is -0.127. The molecule has 3 heterocycles.